The molecule has 3 rings (SSSR count). The highest BCUT2D eigenvalue weighted by molar-refractivity contribution is 5.96. The van der Waals surface area contributed by atoms with E-state index >= 15 is 0 Å². The molecule has 2 amide bonds. The lowest BCUT2D eigenvalue weighted by Gasteiger charge is -2.33. The molecule has 2 heterocycles. The maximum atomic E-state index is 13.0. The van der Waals surface area contributed by atoms with Gasteiger partial charge in [0.2, 0.25) is 0 Å². The van der Waals surface area contributed by atoms with Crippen molar-refractivity contribution in [2.45, 2.75) is 13.1 Å². The zero-order chi connectivity index (χ0) is 24.7. The minimum absolute atomic E-state index is 0.0117. The van der Waals surface area contributed by atoms with Crippen molar-refractivity contribution < 1.29 is 37.0 Å². The maximum absolute atomic E-state index is 13.0. The van der Waals surface area contributed by atoms with Gasteiger partial charge >= 0.3 is 18.2 Å². The second kappa shape index (κ2) is 10.9. The molecule has 0 radical (unpaired) electrons. The highest BCUT2D eigenvalue weighted by atomic mass is 19.4. The first kappa shape index (κ1) is 24.8. The van der Waals surface area contributed by atoms with Crippen LogP contribution in [0.15, 0.2) is 42.6 Å². The average Bonchev–Trinajstić information content (AvgIpc) is 2.82. The number of nitrogens with one attached hydrogen (secondary N) is 1. The zero-order valence-corrected chi connectivity index (χ0v) is 18.3. The summed E-state index contributed by atoms with van der Waals surface area (Å²) in [4.78, 5) is 43.7. The van der Waals surface area contributed by atoms with Crippen molar-refractivity contribution >= 4 is 29.5 Å². The summed E-state index contributed by atoms with van der Waals surface area (Å²) in [6, 6.07) is 7.29. The van der Waals surface area contributed by atoms with Crippen molar-refractivity contribution in [1.29, 1.82) is 0 Å². The number of carbonyl (C=O) groups is 3. The summed E-state index contributed by atoms with van der Waals surface area (Å²) in [7, 11) is 0. The van der Waals surface area contributed by atoms with Gasteiger partial charge in [0.05, 0.1) is 12.2 Å². The van der Waals surface area contributed by atoms with Crippen LogP contribution in [0, 0.1) is 0 Å². The number of rotatable bonds is 6. The number of ether oxygens (including phenoxy) is 2. The molecule has 12 heteroatoms. The van der Waals surface area contributed by atoms with E-state index in [-0.39, 0.29) is 36.8 Å². The molecule has 2 aromatic rings. The topological polar surface area (TPSA) is 101 Å². The molecule has 1 saturated heterocycles. The van der Waals surface area contributed by atoms with Gasteiger partial charge in [-0.3, -0.25) is 4.79 Å². The van der Waals surface area contributed by atoms with Gasteiger partial charge in [0.15, 0.2) is 6.61 Å². The number of esters is 1. The lowest BCUT2D eigenvalue weighted by molar-refractivity contribution is -0.137. The number of hydrogen-bond donors (Lipinski definition) is 1. The highest BCUT2D eigenvalue weighted by Crippen LogP contribution is 2.31. The number of halogens is 3. The molecule has 1 aliphatic heterocycles. The Morgan fingerprint density at radius 2 is 1.74 bits per heavy atom. The van der Waals surface area contributed by atoms with Gasteiger partial charge in [-0.2, -0.15) is 13.2 Å². The summed E-state index contributed by atoms with van der Waals surface area (Å²) in [6.07, 6.45) is -3.61. The van der Waals surface area contributed by atoms with E-state index < -0.39 is 36.3 Å². The minimum Gasteiger partial charge on any atom is -0.452 e. The minimum atomic E-state index is -4.52. The molecule has 0 unspecified atom stereocenters. The van der Waals surface area contributed by atoms with Gasteiger partial charge < -0.3 is 24.6 Å². The van der Waals surface area contributed by atoms with Crippen LogP contribution in [0.4, 0.5) is 29.5 Å². The molecule has 1 N–H and O–H groups in total. The van der Waals surface area contributed by atoms with Crippen LogP contribution in [0.3, 0.4) is 0 Å². The Hall–Kier alpha value is -3.83. The number of hydrogen-bond acceptors (Lipinski definition) is 7. The number of nitrogens with zero attached hydrogens (tertiary/aromatic N) is 3. The predicted octanol–water partition coefficient (Wildman–Crippen LogP) is 3.30. The van der Waals surface area contributed by atoms with Crippen LogP contribution in [-0.4, -0.2) is 72.1 Å². The summed E-state index contributed by atoms with van der Waals surface area (Å²) in [5, 5.41) is 2.69. The Balaban J connectivity index is 1.58. The van der Waals surface area contributed by atoms with Gasteiger partial charge in [-0.1, -0.05) is 6.07 Å². The smallest absolute Gasteiger partial charge is 0.416 e. The fourth-order valence-electron chi connectivity index (χ4n) is 3.23. The van der Waals surface area contributed by atoms with E-state index in [0.29, 0.717) is 13.1 Å². The van der Waals surface area contributed by atoms with Crippen LogP contribution in [-0.2, 0) is 20.4 Å². The highest BCUT2D eigenvalue weighted by Gasteiger charge is 2.30. The van der Waals surface area contributed by atoms with Crippen LogP contribution in [0.2, 0.25) is 0 Å². The second-order valence-corrected chi connectivity index (χ2v) is 7.25. The Morgan fingerprint density at radius 3 is 2.41 bits per heavy atom. The van der Waals surface area contributed by atoms with Crippen molar-refractivity contribution in [3.63, 3.8) is 0 Å². The molecular weight excluding hydrogens is 457 g/mol. The molecule has 0 saturated carbocycles. The van der Waals surface area contributed by atoms with E-state index in [9.17, 15) is 27.6 Å². The molecule has 1 aromatic heterocycles. The molecule has 182 valence electrons. The van der Waals surface area contributed by atoms with Crippen LogP contribution >= 0.6 is 0 Å². The molecule has 0 bridgehead atoms. The second-order valence-electron chi connectivity index (χ2n) is 7.25. The molecule has 1 aliphatic rings. The number of benzene rings is 1. The summed E-state index contributed by atoms with van der Waals surface area (Å²) < 4.78 is 48.9. The van der Waals surface area contributed by atoms with E-state index in [1.54, 1.807) is 6.92 Å². The quantitative estimate of drug-likeness (QED) is 0.633. The van der Waals surface area contributed by atoms with Crippen molar-refractivity contribution in [1.82, 2.24) is 14.8 Å². The van der Waals surface area contributed by atoms with Crippen molar-refractivity contribution in [2.24, 2.45) is 0 Å². The van der Waals surface area contributed by atoms with E-state index in [1.165, 1.54) is 40.3 Å². The largest absolute Gasteiger partial charge is 0.452 e. The Bertz CT molecular complexity index is 1040. The van der Waals surface area contributed by atoms with E-state index in [0.717, 1.165) is 12.1 Å². The number of pyridine rings is 1. The Labute approximate surface area is 193 Å². The summed E-state index contributed by atoms with van der Waals surface area (Å²) in [5.74, 6) is -1.31. The number of aromatic nitrogens is 1. The SMILES string of the molecule is CCOC(=O)N1CCN(C(=O)COC(=O)c2cccnc2Nc2cccc(C(F)(F)F)c2)CC1. The first-order valence-corrected chi connectivity index (χ1v) is 10.4. The number of alkyl halides is 3. The van der Waals surface area contributed by atoms with Gasteiger partial charge in [0.1, 0.15) is 11.4 Å². The summed E-state index contributed by atoms with van der Waals surface area (Å²) in [5.41, 5.74) is -0.816. The first-order chi connectivity index (χ1) is 16.2. The van der Waals surface area contributed by atoms with Crippen LogP contribution in [0.25, 0.3) is 0 Å². The number of amides is 2. The normalized spacial score (nSPS) is 13.9. The van der Waals surface area contributed by atoms with E-state index in [4.69, 9.17) is 9.47 Å². The summed E-state index contributed by atoms with van der Waals surface area (Å²) >= 11 is 0. The molecule has 34 heavy (non-hydrogen) atoms. The summed E-state index contributed by atoms with van der Waals surface area (Å²) in [6.45, 7) is 2.56. The van der Waals surface area contributed by atoms with Crippen LogP contribution in [0.5, 0.6) is 0 Å². The lowest BCUT2D eigenvalue weighted by atomic mass is 10.2. The van der Waals surface area contributed by atoms with Gasteiger partial charge in [0.25, 0.3) is 5.91 Å². The third kappa shape index (κ3) is 6.36. The molecule has 9 nitrogen and oxygen atoms in total. The Kier molecular flexibility index (Phi) is 7.92. The van der Waals surface area contributed by atoms with Crippen molar-refractivity contribution in [3.8, 4) is 0 Å². The van der Waals surface area contributed by atoms with E-state index in [2.05, 4.69) is 10.3 Å². The monoisotopic (exact) mass is 480 g/mol. The number of piperazine rings is 1. The third-order valence-electron chi connectivity index (χ3n) is 4.97. The zero-order valence-electron chi connectivity index (χ0n) is 18.3. The average molecular weight is 480 g/mol. The number of carbonyl (C=O) groups excluding carboxylic acids is 3. The Morgan fingerprint density at radius 1 is 1.03 bits per heavy atom. The van der Waals surface area contributed by atoms with Gasteiger partial charge in [0, 0.05) is 38.1 Å². The third-order valence-corrected chi connectivity index (χ3v) is 4.97. The molecule has 0 atom stereocenters. The lowest BCUT2D eigenvalue weighted by Crippen LogP contribution is -2.51. The van der Waals surface area contributed by atoms with E-state index in [1.807, 2.05) is 0 Å². The number of anilines is 2. The van der Waals surface area contributed by atoms with Gasteiger partial charge in [-0.05, 0) is 37.3 Å². The standard InChI is InChI=1S/C22H23F3N4O5/c1-2-33-21(32)29-11-9-28(10-12-29)18(30)14-34-20(31)17-7-4-8-26-19(17)27-16-6-3-5-15(13-16)22(23,24)25/h3-8,13H,2,9-12,14H2,1H3,(H,26,27). The molecule has 1 aromatic carbocycles. The molecular formula is C22H23F3N4O5. The maximum Gasteiger partial charge on any atom is 0.416 e. The first-order valence-electron chi connectivity index (χ1n) is 10.4. The van der Waals surface area contributed by atoms with Crippen LogP contribution < -0.4 is 5.32 Å². The molecule has 0 spiro atoms. The van der Waals surface area contributed by atoms with Crippen LogP contribution in [0.1, 0.15) is 22.8 Å². The fourth-order valence-corrected chi connectivity index (χ4v) is 3.23. The molecule has 0 aliphatic carbocycles. The van der Waals surface area contributed by atoms with Gasteiger partial charge in [-0.15, -0.1) is 0 Å². The van der Waals surface area contributed by atoms with Gasteiger partial charge in [-0.25, -0.2) is 14.6 Å². The predicted molar refractivity (Wildman–Crippen MR) is 114 cm³/mol. The van der Waals surface area contributed by atoms with Crippen molar-refractivity contribution in [3.05, 3.63) is 53.7 Å². The fraction of sp³-hybridized carbons (Fsp3) is 0.364. The van der Waals surface area contributed by atoms with Crippen molar-refractivity contribution in [2.75, 3.05) is 44.7 Å². The molecule has 1 fully saturated rings.